The van der Waals surface area contributed by atoms with Gasteiger partial charge in [0.2, 0.25) is 5.91 Å². The van der Waals surface area contributed by atoms with Gasteiger partial charge >= 0.3 is 13.8 Å². The van der Waals surface area contributed by atoms with Gasteiger partial charge in [0.15, 0.2) is 0 Å². The predicted molar refractivity (Wildman–Crippen MR) is 300 cm³/mol. The largest absolute Gasteiger partial charge is 0.472 e. The summed E-state index contributed by atoms with van der Waals surface area (Å²) in [5, 5.41) is 3.04. The molecule has 0 radical (unpaired) electrons. The lowest BCUT2D eigenvalue weighted by atomic mass is 10.1. The van der Waals surface area contributed by atoms with Crippen molar-refractivity contribution >= 4 is 19.7 Å². The lowest BCUT2D eigenvalue weighted by molar-refractivity contribution is -0.870. The van der Waals surface area contributed by atoms with Crippen molar-refractivity contribution in [2.45, 2.75) is 258 Å². The second-order valence-electron chi connectivity index (χ2n) is 20.4. The Hall–Kier alpha value is -2.55. The normalized spacial score (nSPS) is 14.3. The number of nitrogens with zero attached hydrogens (tertiary/aromatic N) is 1. The van der Waals surface area contributed by atoms with E-state index in [9.17, 15) is 19.0 Å². The number of carbonyl (C=O) groups excluding carboxylic acids is 2. The molecule has 0 aromatic rings. The molecule has 0 fully saturated rings. The lowest BCUT2D eigenvalue weighted by Gasteiger charge is -2.27. The van der Waals surface area contributed by atoms with Gasteiger partial charge in [-0.3, -0.25) is 18.6 Å². The van der Waals surface area contributed by atoms with Crippen LogP contribution >= 0.6 is 7.82 Å². The Morgan fingerprint density at radius 3 is 1.40 bits per heavy atom. The summed E-state index contributed by atoms with van der Waals surface area (Å²) in [6.07, 6.45) is 63.2. The van der Waals surface area contributed by atoms with E-state index in [0.29, 0.717) is 17.4 Å². The molecule has 70 heavy (non-hydrogen) atoms. The average molecular weight is 1000 g/mol. The number of amides is 1. The SMILES string of the molecule is CC/C=C/C/C=C/CCCCCCCCCC(=O)OC(/C=C\CCCCCCCCCCC)C(COP(=O)(O)OCC[N+](C)(C)C)NC(=O)CCCCCCCC/C=C\C/C=C\C/C=C\CCCCC. The zero-order chi connectivity index (χ0) is 51.5. The van der Waals surface area contributed by atoms with Crippen LogP contribution in [-0.4, -0.2) is 74.3 Å². The topological polar surface area (TPSA) is 111 Å². The third kappa shape index (κ3) is 50.4. The molecule has 0 bridgehead atoms. The maximum Gasteiger partial charge on any atom is 0.472 e. The van der Waals surface area contributed by atoms with Crippen LogP contribution in [0.1, 0.15) is 245 Å². The van der Waals surface area contributed by atoms with E-state index in [1.807, 2.05) is 33.3 Å². The van der Waals surface area contributed by atoms with Gasteiger partial charge in [0.05, 0.1) is 33.8 Å². The molecule has 2 N–H and O–H groups in total. The van der Waals surface area contributed by atoms with Crippen molar-refractivity contribution in [2.75, 3.05) is 40.9 Å². The number of phosphoric ester groups is 1. The molecule has 0 heterocycles. The van der Waals surface area contributed by atoms with E-state index in [4.69, 9.17) is 13.8 Å². The molecule has 0 saturated heterocycles. The van der Waals surface area contributed by atoms with Crippen molar-refractivity contribution in [2.24, 2.45) is 0 Å². The predicted octanol–water partition coefficient (Wildman–Crippen LogP) is 17.3. The Balaban J connectivity index is 5.32. The van der Waals surface area contributed by atoms with E-state index in [-0.39, 0.29) is 31.5 Å². The summed E-state index contributed by atoms with van der Waals surface area (Å²) >= 11 is 0. The molecule has 0 rings (SSSR count). The molecule has 0 aliphatic rings. The van der Waals surface area contributed by atoms with Gasteiger partial charge in [-0.1, -0.05) is 210 Å². The minimum atomic E-state index is -4.45. The fraction of sp³-hybridized carbons (Fsp3) is 0.767. The molecule has 3 unspecified atom stereocenters. The van der Waals surface area contributed by atoms with Crippen molar-refractivity contribution in [3.63, 3.8) is 0 Å². The number of likely N-dealkylation sites (N-methyl/N-ethyl adjacent to an activating group) is 1. The highest BCUT2D eigenvalue weighted by atomic mass is 31.2. The quantitative estimate of drug-likeness (QED) is 0.0205. The molecule has 3 atom stereocenters. The van der Waals surface area contributed by atoms with Crippen LogP contribution in [0, 0.1) is 0 Å². The Morgan fingerprint density at radius 2 is 0.914 bits per heavy atom. The first-order chi connectivity index (χ1) is 33.9. The molecule has 9 nitrogen and oxygen atoms in total. The number of phosphoric acid groups is 1. The minimum absolute atomic E-state index is 0.0335. The van der Waals surface area contributed by atoms with E-state index in [1.165, 1.54) is 103 Å². The second-order valence-corrected chi connectivity index (χ2v) is 21.9. The number of rotatable bonds is 51. The summed E-state index contributed by atoms with van der Waals surface area (Å²) in [4.78, 5) is 37.6. The highest BCUT2D eigenvalue weighted by Gasteiger charge is 2.30. The molecule has 0 aromatic heterocycles. The molecule has 0 spiro atoms. The molecular weight excluding hydrogens is 892 g/mol. The van der Waals surface area contributed by atoms with Crippen molar-refractivity contribution in [1.82, 2.24) is 5.32 Å². The van der Waals surface area contributed by atoms with Gasteiger partial charge in [0, 0.05) is 12.8 Å². The summed E-state index contributed by atoms with van der Waals surface area (Å²) in [6.45, 7) is 6.85. The number of hydrogen-bond donors (Lipinski definition) is 2. The number of hydrogen-bond acceptors (Lipinski definition) is 6. The van der Waals surface area contributed by atoms with Gasteiger partial charge in [0.25, 0.3) is 0 Å². The maximum atomic E-state index is 13.5. The first-order valence-electron chi connectivity index (χ1n) is 28.8. The van der Waals surface area contributed by atoms with Gasteiger partial charge in [0.1, 0.15) is 19.3 Å². The highest BCUT2D eigenvalue weighted by molar-refractivity contribution is 7.47. The smallest absolute Gasteiger partial charge is 0.456 e. The first-order valence-corrected chi connectivity index (χ1v) is 30.3. The van der Waals surface area contributed by atoms with E-state index >= 15 is 0 Å². The zero-order valence-corrected chi connectivity index (χ0v) is 47.1. The summed E-state index contributed by atoms with van der Waals surface area (Å²) in [7, 11) is 1.47. The monoisotopic (exact) mass is 1000 g/mol. The van der Waals surface area contributed by atoms with E-state index < -0.39 is 20.0 Å². The van der Waals surface area contributed by atoms with Gasteiger partial charge < -0.3 is 19.4 Å². The Bertz CT molecular complexity index is 1430. The summed E-state index contributed by atoms with van der Waals surface area (Å²) in [6, 6.07) is -0.860. The Kier molecular flexibility index (Phi) is 48.2. The number of ether oxygens (including phenoxy) is 1. The molecule has 0 aromatic carbocycles. The molecule has 0 aliphatic heterocycles. The fourth-order valence-electron chi connectivity index (χ4n) is 7.92. The first kappa shape index (κ1) is 67.5. The van der Waals surface area contributed by atoms with E-state index in [2.05, 4.69) is 86.8 Å². The van der Waals surface area contributed by atoms with E-state index in [0.717, 1.165) is 109 Å². The van der Waals surface area contributed by atoms with Crippen LogP contribution in [0.15, 0.2) is 72.9 Å². The maximum absolute atomic E-state index is 13.5. The van der Waals surface area contributed by atoms with Crippen LogP contribution in [0.3, 0.4) is 0 Å². The number of allylic oxidation sites excluding steroid dienone is 11. The van der Waals surface area contributed by atoms with Crippen molar-refractivity contribution in [3.05, 3.63) is 72.9 Å². The van der Waals surface area contributed by atoms with Crippen LogP contribution < -0.4 is 5.32 Å². The van der Waals surface area contributed by atoms with Crippen LogP contribution in [0.4, 0.5) is 0 Å². The van der Waals surface area contributed by atoms with E-state index in [1.54, 1.807) is 0 Å². The molecule has 0 aliphatic carbocycles. The molecule has 0 saturated carbocycles. The average Bonchev–Trinajstić information content (AvgIpc) is 3.32. The molecular formula is C60H110N2O7P+. The minimum Gasteiger partial charge on any atom is -0.456 e. The lowest BCUT2D eigenvalue weighted by Crippen LogP contribution is -2.47. The van der Waals surface area contributed by atoms with Crippen molar-refractivity contribution in [3.8, 4) is 0 Å². The summed E-state index contributed by atoms with van der Waals surface area (Å²) < 4.78 is 30.6. The third-order valence-electron chi connectivity index (χ3n) is 12.4. The summed E-state index contributed by atoms with van der Waals surface area (Å²) in [5.41, 5.74) is 0. The van der Waals surface area contributed by atoms with Crippen LogP contribution in [0.2, 0.25) is 0 Å². The Labute approximate surface area is 432 Å². The van der Waals surface area contributed by atoms with Gasteiger partial charge in [-0.05, 0) is 96.0 Å². The number of nitrogens with one attached hydrogen (secondary N) is 1. The third-order valence-corrected chi connectivity index (χ3v) is 13.4. The summed E-state index contributed by atoms with van der Waals surface area (Å²) in [5.74, 6) is -0.532. The number of carbonyl (C=O) groups is 2. The highest BCUT2D eigenvalue weighted by Crippen LogP contribution is 2.43. The number of unbranched alkanes of at least 4 members (excludes halogenated alkanes) is 25. The molecule has 406 valence electrons. The van der Waals surface area contributed by atoms with Crippen molar-refractivity contribution in [1.29, 1.82) is 0 Å². The van der Waals surface area contributed by atoms with Crippen LogP contribution in [-0.2, 0) is 27.9 Å². The number of esters is 1. The van der Waals surface area contributed by atoms with Crippen LogP contribution in [0.5, 0.6) is 0 Å². The molecule has 10 heteroatoms. The van der Waals surface area contributed by atoms with Gasteiger partial charge in [-0.25, -0.2) is 4.57 Å². The van der Waals surface area contributed by atoms with Crippen LogP contribution in [0.25, 0.3) is 0 Å². The van der Waals surface area contributed by atoms with Gasteiger partial charge in [-0.2, -0.15) is 0 Å². The fourth-order valence-corrected chi connectivity index (χ4v) is 8.66. The molecule has 1 amide bonds. The second kappa shape index (κ2) is 50.0. The zero-order valence-electron chi connectivity index (χ0n) is 46.2. The standard InChI is InChI=1S/C60H109N2O7P/c1-7-10-13-16-19-22-25-27-29-30-31-32-33-34-37-40-43-46-49-52-59(63)61-57(56-68-70(65,66)67-55-54-62(4,5)6)58(51-48-45-42-39-36-24-21-18-15-12-9-3)69-60(64)53-50-47-44-41-38-35-28-26-23-20-17-14-11-8-2/h11,14,19-20,22-23,27,29,31-32,48,51,57-58H,7-10,12-13,15-18,21,24-26,28,30,33-47,49-50,52-56H2,1-6H3,(H-,61,63,65,66)/p+1/b14-11+,22-19-,23-20+,29-27-,32-31-,51-48-. The number of quaternary nitrogens is 1. The van der Waals surface area contributed by atoms with Gasteiger partial charge in [-0.15, -0.1) is 0 Å². The van der Waals surface area contributed by atoms with Crippen molar-refractivity contribution < 1.29 is 37.3 Å². The Morgan fingerprint density at radius 1 is 0.514 bits per heavy atom.